The number of hydrogen-bond donors (Lipinski definition) is 2. The van der Waals surface area contributed by atoms with Gasteiger partial charge in [0.25, 0.3) is 5.91 Å². The number of benzene rings is 1. The highest BCUT2D eigenvalue weighted by Crippen LogP contribution is 2.20. The maximum atomic E-state index is 11.9. The smallest absolute Gasteiger partial charge is 0.305 e. The molecule has 0 radical (unpaired) electrons. The fourth-order valence-electron chi connectivity index (χ4n) is 1.79. The largest absolute Gasteiger partial charge is 0.466 e. The zero-order valence-corrected chi connectivity index (χ0v) is 12.8. The van der Waals surface area contributed by atoms with E-state index in [-0.39, 0.29) is 11.9 Å². The lowest BCUT2D eigenvalue weighted by Crippen LogP contribution is -2.21. The van der Waals surface area contributed by atoms with Crippen molar-refractivity contribution in [3.8, 4) is 0 Å². The van der Waals surface area contributed by atoms with Crippen LogP contribution in [0.1, 0.15) is 30.1 Å². The minimum Gasteiger partial charge on any atom is -0.466 e. The first-order chi connectivity index (χ1) is 9.95. The summed E-state index contributed by atoms with van der Waals surface area (Å²) in [6.07, 6.45) is 1.00. The molecule has 1 amide bonds. The molecule has 0 atom stereocenters. The number of nitrogens with one attached hydrogen (secondary N) is 1. The Labute approximate surface area is 125 Å². The zero-order chi connectivity index (χ0) is 15.8. The number of hydrogen-bond acceptors (Lipinski definition) is 5. The lowest BCUT2D eigenvalue weighted by Gasteiger charge is -2.14. The van der Waals surface area contributed by atoms with Crippen LogP contribution in [0.4, 0.5) is 11.4 Å². The van der Waals surface area contributed by atoms with Crippen LogP contribution in [0.2, 0.25) is 0 Å². The van der Waals surface area contributed by atoms with Crippen LogP contribution in [-0.2, 0) is 9.53 Å². The van der Waals surface area contributed by atoms with E-state index in [9.17, 15) is 9.59 Å². The highest BCUT2D eigenvalue weighted by atomic mass is 16.5. The minimum atomic E-state index is -0.205. The fraction of sp³-hybridized carbons (Fsp3) is 0.467. The topological polar surface area (TPSA) is 84.7 Å². The standard InChI is InChI=1S/C15H23N3O3/c1-4-21-14(19)6-5-9-17-13-10-11(7-8-12(13)16)15(20)18(2)3/h7-8,10,17H,4-6,9,16H2,1-3H3. The molecule has 0 aromatic heterocycles. The third-order valence-corrected chi connectivity index (χ3v) is 2.88. The predicted octanol–water partition coefficient (Wildman–Crippen LogP) is 1.73. The van der Waals surface area contributed by atoms with Gasteiger partial charge in [-0.3, -0.25) is 9.59 Å². The maximum absolute atomic E-state index is 11.9. The molecule has 0 fully saturated rings. The first-order valence-electron chi connectivity index (χ1n) is 6.96. The summed E-state index contributed by atoms with van der Waals surface area (Å²) >= 11 is 0. The van der Waals surface area contributed by atoms with E-state index >= 15 is 0 Å². The Hall–Kier alpha value is -2.24. The Morgan fingerprint density at radius 3 is 2.67 bits per heavy atom. The quantitative estimate of drug-likeness (QED) is 0.454. The van der Waals surface area contributed by atoms with Gasteiger partial charge in [-0.1, -0.05) is 0 Å². The second-order valence-electron chi connectivity index (χ2n) is 4.84. The molecular formula is C15H23N3O3. The number of carbonyl (C=O) groups is 2. The predicted molar refractivity (Wildman–Crippen MR) is 83.2 cm³/mol. The van der Waals surface area contributed by atoms with E-state index in [1.54, 1.807) is 39.2 Å². The molecule has 1 aromatic rings. The van der Waals surface area contributed by atoms with Crippen LogP contribution >= 0.6 is 0 Å². The summed E-state index contributed by atoms with van der Waals surface area (Å²) in [6, 6.07) is 5.12. The molecule has 0 unspecified atom stereocenters. The van der Waals surface area contributed by atoms with Crippen LogP contribution in [0.15, 0.2) is 18.2 Å². The maximum Gasteiger partial charge on any atom is 0.305 e. The van der Waals surface area contributed by atoms with Crippen LogP contribution in [0.3, 0.4) is 0 Å². The van der Waals surface area contributed by atoms with E-state index < -0.39 is 0 Å². The lowest BCUT2D eigenvalue weighted by molar-refractivity contribution is -0.143. The summed E-state index contributed by atoms with van der Waals surface area (Å²) < 4.78 is 4.85. The van der Waals surface area contributed by atoms with Crippen LogP contribution < -0.4 is 11.1 Å². The van der Waals surface area contributed by atoms with Crippen molar-refractivity contribution in [1.82, 2.24) is 4.90 Å². The van der Waals surface area contributed by atoms with Crippen LogP contribution in [0.25, 0.3) is 0 Å². The minimum absolute atomic E-state index is 0.0791. The molecule has 0 aliphatic rings. The Morgan fingerprint density at radius 1 is 1.33 bits per heavy atom. The number of rotatable bonds is 7. The Balaban J connectivity index is 2.56. The monoisotopic (exact) mass is 293 g/mol. The number of carbonyl (C=O) groups excluding carboxylic acids is 2. The van der Waals surface area contributed by atoms with Gasteiger partial charge >= 0.3 is 5.97 Å². The molecule has 1 aromatic carbocycles. The van der Waals surface area contributed by atoms with Gasteiger partial charge in [-0.25, -0.2) is 0 Å². The van der Waals surface area contributed by atoms with Crippen molar-refractivity contribution < 1.29 is 14.3 Å². The molecule has 6 heteroatoms. The molecule has 0 saturated carbocycles. The first kappa shape index (κ1) is 16.8. The SMILES string of the molecule is CCOC(=O)CCCNc1cc(C(=O)N(C)C)ccc1N. The molecule has 21 heavy (non-hydrogen) atoms. The molecular weight excluding hydrogens is 270 g/mol. The summed E-state index contributed by atoms with van der Waals surface area (Å²) in [5.41, 5.74) is 7.72. The normalized spacial score (nSPS) is 10.0. The van der Waals surface area contributed by atoms with E-state index in [0.29, 0.717) is 42.9 Å². The van der Waals surface area contributed by atoms with Crippen molar-refractivity contribution in [2.45, 2.75) is 19.8 Å². The Morgan fingerprint density at radius 2 is 2.05 bits per heavy atom. The van der Waals surface area contributed by atoms with Crippen LogP contribution in [-0.4, -0.2) is 44.0 Å². The summed E-state index contributed by atoms with van der Waals surface area (Å²) in [5, 5.41) is 3.14. The number of ether oxygens (including phenoxy) is 1. The van der Waals surface area contributed by atoms with Crippen molar-refractivity contribution in [2.75, 3.05) is 38.3 Å². The van der Waals surface area contributed by atoms with Crippen molar-refractivity contribution >= 4 is 23.3 Å². The number of esters is 1. The van der Waals surface area contributed by atoms with Gasteiger partial charge in [-0.2, -0.15) is 0 Å². The average Bonchev–Trinajstić information content (AvgIpc) is 2.44. The molecule has 0 heterocycles. The van der Waals surface area contributed by atoms with E-state index in [0.717, 1.165) is 0 Å². The second kappa shape index (κ2) is 8.14. The van der Waals surface area contributed by atoms with Crippen molar-refractivity contribution in [3.05, 3.63) is 23.8 Å². The van der Waals surface area contributed by atoms with Gasteiger partial charge in [0.2, 0.25) is 0 Å². The molecule has 6 nitrogen and oxygen atoms in total. The summed E-state index contributed by atoms with van der Waals surface area (Å²) in [7, 11) is 3.40. The number of nitrogens with two attached hydrogens (primary N) is 1. The number of anilines is 2. The van der Waals surface area contributed by atoms with E-state index in [1.165, 1.54) is 4.90 Å². The van der Waals surface area contributed by atoms with E-state index in [2.05, 4.69) is 5.32 Å². The van der Waals surface area contributed by atoms with Gasteiger partial charge in [-0.15, -0.1) is 0 Å². The number of amides is 1. The number of nitrogens with zero attached hydrogens (tertiary/aromatic N) is 1. The summed E-state index contributed by atoms with van der Waals surface area (Å²) in [6.45, 7) is 2.76. The van der Waals surface area contributed by atoms with Crippen LogP contribution in [0.5, 0.6) is 0 Å². The third kappa shape index (κ3) is 5.33. The van der Waals surface area contributed by atoms with Crippen molar-refractivity contribution in [1.29, 1.82) is 0 Å². The van der Waals surface area contributed by atoms with Gasteiger partial charge in [0.1, 0.15) is 0 Å². The molecule has 3 N–H and O–H groups in total. The van der Waals surface area contributed by atoms with Crippen molar-refractivity contribution in [2.24, 2.45) is 0 Å². The van der Waals surface area contributed by atoms with Crippen LogP contribution in [0, 0.1) is 0 Å². The Bertz CT molecular complexity index is 501. The van der Waals surface area contributed by atoms with Gasteiger partial charge in [0.05, 0.1) is 18.0 Å². The molecule has 0 bridgehead atoms. The van der Waals surface area contributed by atoms with Crippen molar-refractivity contribution in [3.63, 3.8) is 0 Å². The van der Waals surface area contributed by atoms with E-state index in [1.807, 2.05) is 0 Å². The fourth-order valence-corrected chi connectivity index (χ4v) is 1.79. The van der Waals surface area contributed by atoms with E-state index in [4.69, 9.17) is 10.5 Å². The molecule has 0 spiro atoms. The third-order valence-electron chi connectivity index (χ3n) is 2.88. The zero-order valence-electron chi connectivity index (χ0n) is 12.8. The second-order valence-corrected chi connectivity index (χ2v) is 4.84. The van der Waals surface area contributed by atoms with Gasteiger partial charge in [0, 0.05) is 32.6 Å². The molecule has 0 aliphatic carbocycles. The van der Waals surface area contributed by atoms with Gasteiger partial charge in [0.15, 0.2) is 0 Å². The molecule has 0 aliphatic heterocycles. The highest BCUT2D eigenvalue weighted by molar-refractivity contribution is 5.95. The highest BCUT2D eigenvalue weighted by Gasteiger charge is 2.10. The van der Waals surface area contributed by atoms with Gasteiger partial charge in [-0.05, 0) is 31.5 Å². The van der Waals surface area contributed by atoms with Gasteiger partial charge < -0.3 is 20.7 Å². The Kier molecular flexibility index (Phi) is 6.52. The summed E-state index contributed by atoms with van der Waals surface area (Å²) in [5.74, 6) is -0.284. The molecule has 0 saturated heterocycles. The average molecular weight is 293 g/mol. The molecule has 1 rings (SSSR count). The lowest BCUT2D eigenvalue weighted by atomic mass is 10.1. The first-order valence-corrected chi connectivity index (χ1v) is 6.96. The molecule has 116 valence electrons. The number of nitrogen functional groups attached to an aromatic ring is 1. The summed E-state index contributed by atoms with van der Waals surface area (Å²) in [4.78, 5) is 24.6.